The zero-order valence-electron chi connectivity index (χ0n) is 12.4. The van der Waals surface area contributed by atoms with Crippen LogP contribution in [-0.2, 0) is 11.2 Å². The molecule has 0 fully saturated rings. The van der Waals surface area contributed by atoms with Gasteiger partial charge in [-0.2, -0.15) is 0 Å². The zero-order valence-corrected chi connectivity index (χ0v) is 14.0. The molecule has 5 nitrogen and oxygen atoms in total. The number of carbonyl (C=O) groups is 2. The summed E-state index contributed by atoms with van der Waals surface area (Å²) in [6.45, 7) is 0.173. The van der Waals surface area contributed by atoms with Crippen LogP contribution in [-0.4, -0.2) is 30.1 Å². The van der Waals surface area contributed by atoms with Gasteiger partial charge in [0.2, 0.25) is 5.91 Å². The summed E-state index contributed by atoms with van der Waals surface area (Å²) in [6, 6.07) is 14.2. The Morgan fingerprint density at radius 1 is 1.09 bits per heavy atom. The average Bonchev–Trinajstić information content (AvgIpc) is 2.54. The minimum absolute atomic E-state index is 0.0771. The van der Waals surface area contributed by atoms with E-state index in [0.29, 0.717) is 11.3 Å². The van der Waals surface area contributed by atoms with Crippen molar-refractivity contribution in [2.24, 2.45) is 0 Å². The van der Waals surface area contributed by atoms with E-state index in [4.69, 9.17) is 5.11 Å². The normalized spacial score (nSPS) is 10.2. The fraction of sp³-hybridized carbons (Fsp3) is 0.176. The summed E-state index contributed by atoms with van der Waals surface area (Å²) in [7, 11) is 0. The van der Waals surface area contributed by atoms with Gasteiger partial charge in [0, 0.05) is 22.3 Å². The molecule has 23 heavy (non-hydrogen) atoms. The summed E-state index contributed by atoms with van der Waals surface area (Å²) >= 11 is 3.33. The molecule has 0 radical (unpaired) electrons. The molecule has 0 saturated carbocycles. The van der Waals surface area contributed by atoms with Crippen LogP contribution in [0.4, 0.5) is 5.69 Å². The molecule has 0 aromatic heterocycles. The summed E-state index contributed by atoms with van der Waals surface area (Å²) in [6.07, 6.45) is 0.236. The van der Waals surface area contributed by atoms with E-state index in [2.05, 4.69) is 26.6 Å². The topological polar surface area (TPSA) is 78.4 Å². The van der Waals surface area contributed by atoms with Gasteiger partial charge in [-0.15, -0.1) is 0 Å². The number of halogens is 1. The number of nitrogens with one attached hydrogen (secondary N) is 2. The van der Waals surface area contributed by atoms with E-state index in [1.54, 1.807) is 42.5 Å². The molecule has 0 heterocycles. The smallest absolute Gasteiger partial charge is 0.255 e. The Bertz CT molecular complexity index is 686. The monoisotopic (exact) mass is 376 g/mol. The van der Waals surface area contributed by atoms with Crippen LogP contribution >= 0.6 is 15.9 Å². The first-order chi connectivity index (χ1) is 11.1. The Balaban J connectivity index is 1.94. The highest BCUT2D eigenvalue weighted by Crippen LogP contribution is 2.15. The van der Waals surface area contributed by atoms with Crippen molar-refractivity contribution in [2.75, 3.05) is 18.5 Å². The average molecular weight is 377 g/mol. The zero-order chi connectivity index (χ0) is 16.7. The van der Waals surface area contributed by atoms with Crippen LogP contribution in [0.3, 0.4) is 0 Å². The van der Waals surface area contributed by atoms with E-state index in [-0.39, 0.29) is 31.4 Å². The van der Waals surface area contributed by atoms with Crippen molar-refractivity contribution in [1.29, 1.82) is 0 Å². The number of hydrogen-bond acceptors (Lipinski definition) is 3. The quantitative estimate of drug-likeness (QED) is 0.723. The van der Waals surface area contributed by atoms with Crippen molar-refractivity contribution in [3.63, 3.8) is 0 Å². The van der Waals surface area contributed by atoms with Crippen LogP contribution < -0.4 is 10.6 Å². The van der Waals surface area contributed by atoms with Gasteiger partial charge in [-0.25, -0.2) is 0 Å². The number of carbonyl (C=O) groups excluding carboxylic acids is 2. The molecule has 0 aliphatic heterocycles. The second-order valence-corrected chi connectivity index (χ2v) is 5.83. The van der Waals surface area contributed by atoms with Gasteiger partial charge in [0.1, 0.15) is 0 Å². The van der Waals surface area contributed by atoms with Gasteiger partial charge in [-0.1, -0.05) is 34.1 Å². The first-order valence-corrected chi connectivity index (χ1v) is 7.91. The minimum Gasteiger partial charge on any atom is -0.395 e. The van der Waals surface area contributed by atoms with E-state index in [1.807, 2.05) is 6.07 Å². The molecule has 0 saturated heterocycles. The Kier molecular flexibility index (Phi) is 6.31. The highest BCUT2D eigenvalue weighted by Gasteiger charge is 2.07. The van der Waals surface area contributed by atoms with Crippen molar-refractivity contribution in [2.45, 2.75) is 6.42 Å². The number of amides is 2. The molecular weight excluding hydrogens is 360 g/mol. The lowest BCUT2D eigenvalue weighted by atomic mass is 10.1. The molecule has 2 aromatic rings. The van der Waals surface area contributed by atoms with Crippen LogP contribution in [0.1, 0.15) is 15.9 Å². The van der Waals surface area contributed by atoms with Gasteiger partial charge in [-0.3, -0.25) is 9.59 Å². The maximum absolute atomic E-state index is 12.1. The third-order valence-electron chi connectivity index (χ3n) is 3.10. The SMILES string of the molecule is O=C(Cc1ccc(NC(=O)c2cccc(Br)c2)cc1)NCCO. The number of anilines is 1. The van der Waals surface area contributed by atoms with Crippen LogP contribution in [0.15, 0.2) is 53.0 Å². The first kappa shape index (κ1) is 17.2. The van der Waals surface area contributed by atoms with E-state index in [9.17, 15) is 9.59 Å². The molecular formula is C17H17BrN2O3. The summed E-state index contributed by atoms with van der Waals surface area (Å²) in [4.78, 5) is 23.7. The summed E-state index contributed by atoms with van der Waals surface area (Å²) in [5, 5.41) is 14.1. The Morgan fingerprint density at radius 2 is 1.83 bits per heavy atom. The van der Waals surface area contributed by atoms with Crippen LogP contribution in [0, 0.1) is 0 Å². The lowest BCUT2D eigenvalue weighted by molar-refractivity contribution is -0.120. The molecule has 0 spiro atoms. The molecule has 120 valence electrons. The summed E-state index contributed by atoms with van der Waals surface area (Å²) in [5.41, 5.74) is 2.06. The molecule has 0 atom stereocenters. The van der Waals surface area contributed by atoms with Gasteiger partial charge in [0.25, 0.3) is 5.91 Å². The maximum atomic E-state index is 12.1. The number of benzene rings is 2. The lowest BCUT2D eigenvalue weighted by Crippen LogP contribution is -2.27. The standard InChI is InChI=1S/C17H17BrN2O3/c18-14-3-1-2-13(11-14)17(23)20-15-6-4-12(5-7-15)10-16(22)19-8-9-21/h1-7,11,21H,8-10H2,(H,19,22)(H,20,23). The molecule has 0 aliphatic rings. The third-order valence-corrected chi connectivity index (χ3v) is 3.59. The van der Waals surface area contributed by atoms with Crippen molar-refractivity contribution >= 4 is 33.4 Å². The van der Waals surface area contributed by atoms with Gasteiger partial charge in [0.05, 0.1) is 13.0 Å². The van der Waals surface area contributed by atoms with Gasteiger partial charge >= 0.3 is 0 Å². The fourth-order valence-electron chi connectivity index (χ4n) is 1.98. The molecule has 6 heteroatoms. The lowest BCUT2D eigenvalue weighted by Gasteiger charge is -2.07. The second kappa shape index (κ2) is 8.45. The Morgan fingerprint density at radius 3 is 2.48 bits per heavy atom. The third kappa shape index (κ3) is 5.50. The molecule has 2 amide bonds. The molecule has 2 rings (SSSR count). The minimum atomic E-state index is -0.195. The van der Waals surface area contributed by atoms with Crippen LogP contribution in [0.25, 0.3) is 0 Å². The summed E-state index contributed by atoms with van der Waals surface area (Å²) in [5.74, 6) is -0.343. The van der Waals surface area contributed by atoms with Crippen LogP contribution in [0.2, 0.25) is 0 Å². The predicted octanol–water partition coefficient (Wildman–Crippen LogP) is 2.35. The Hall–Kier alpha value is -2.18. The molecule has 0 bridgehead atoms. The number of aliphatic hydroxyl groups is 1. The van der Waals surface area contributed by atoms with E-state index >= 15 is 0 Å². The van der Waals surface area contributed by atoms with E-state index in [1.165, 1.54) is 0 Å². The van der Waals surface area contributed by atoms with Gasteiger partial charge < -0.3 is 15.7 Å². The van der Waals surface area contributed by atoms with E-state index in [0.717, 1.165) is 10.0 Å². The van der Waals surface area contributed by atoms with Crippen molar-refractivity contribution in [1.82, 2.24) is 5.32 Å². The highest BCUT2D eigenvalue weighted by molar-refractivity contribution is 9.10. The fourth-order valence-corrected chi connectivity index (χ4v) is 2.38. The van der Waals surface area contributed by atoms with Crippen molar-refractivity contribution < 1.29 is 14.7 Å². The number of rotatable bonds is 6. The van der Waals surface area contributed by atoms with E-state index < -0.39 is 0 Å². The largest absolute Gasteiger partial charge is 0.395 e. The van der Waals surface area contributed by atoms with Crippen molar-refractivity contribution in [3.8, 4) is 0 Å². The number of hydrogen-bond donors (Lipinski definition) is 3. The van der Waals surface area contributed by atoms with Crippen molar-refractivity contribution in [3.05, 3.63) is 64.1 Å². The highest BCUT2D eigenvalue weighted by atomic mass is 79.9. The molecule has 0 aliphatic carbocycles. The Labute approximate surface area is 142 Å². The van der Waals surface area contributed by atoms with Gasteiger partial charge in [-0.05, 0) is 35.9 Å². The predicted molar refractivity (Wildman–Crippen MR) is 92.3 cm³/mol. The second-order valence-electron chi connectivity index (χ2n) is 4.91. The van der Waals surface area contributed by atoms with Gasteiger partial charge in [0.15, 0.2) is 0 Å². The number of aliphatic hydroxyl groups excluding tert-OH is 1. The maximum Gasteiger partial charge on any atom is 0.255 e. The summed E-state index contributed by atoms with van der Waals surface area (Å²) < 4.78 is 0.842. The molecule has 0 unspecified atom stereocenters. The molecule has 3 N–H and O–H groups in total. The first-order valence-electron chi connectivity index (χ1n) is 7.12. The van der Waals surface area contributed by atoms with Crippen LogP contribution in [0.5, 0.6) is 0 Å². The molecule has 2 aromatic carbocycles.